The van der Waals surface area contributed by atoms with Gasteiger partial charge in [-0.3, -0.25) is 4.79 Å². The maximum Gasteiger partial charge on any atom is 0.337 e. The molecular formula is C22H26N2O5. The van der Waals surface area contributed by atoms with Crippen LogP contribution in [0.3, 0.4) is 0 Å². The van der Waals surface area contributed by atoms with E-state index in [4.69, 9.17) is 9.47 Å². The number of nitrogens with zero attached hydrogens (tertiary/aromatic N) is 1. The van der Waals surface area contributed by atoms with Gasteiger partial charge < -0.3 is 19.7 Å². The van der Waals surface area contributed by atoms with Gasteiger partial charge in [0.1, 0.15) is 0 Å². The number of methoxy groups -OCH3 is 2. The molecule has 0 radical (unpaired) electrons. The van der Waals surface area contributed by atoms with Crippen molar-refractivity contribution in [3.05, 3.63) is 59.2 Å². The zero-order valence-electron chi connectivity index (χ0n) is 17.3. The summed E-state index contributed by atoms with van der Waals surface area (Å²) in [5, 5.41) is 2.75. The lowest BCUT2D eigenvalue weighted by atomic mass is 10.1. The number of hydrogen-bond donors (Lipinski definition) is 1. The largest absolute Gasteiger partial charge is 0.465 e. The fourth-order valence-electron chi connectivity index (χ4n) is 2.83. The molecule has 0 saturated heterocycles. The highest BCUT2D eigenvalue weighted by Crippen LogP contribution is 2.20. The SMILES string of the molecule is COC(=O)c1cc(NC(=O)CN(c2ccc(C)cc2)C(C)C)cc(C(=O)OC)c1. The van der Waals surface area contributed by atoms with Gasteiger partial charge in [-0.2, -0.15) is 0 Å². The van der Waals surface area contributed by atoms with Crippen LogP contribution in [0.4, 0.5) is 11.4 Å². The Morgan fingerprint density at radius 1 is 0.931 bits per heavy atom. The number of esters is 2. The second kappa shape index (κ2) is 9.73. The van der Waals surface area contributed by atoms with Gasteiger partial charge in [0.05, 0.1) is 31.9 Å². The van der Waals surface area contributed by atoms with E-state index >= 15 is 0 Å². The zero-order valence-corrected chi connectivity index (χ0v) is 17.3. The highest BCUT2D eigenvalue weighted by molar-refractivity contribution is 6.00. The van der Waals surface area contributed by atoms with Crippen molar-refractivity contribution in [2.24, 2.45) is 0 Å². The number of rotatable bonds is 7. The number of amides is 1. The van der Waals surface area contributed by atoms with Crippen molar-refractivity contribution >= 4 is 29.2 Å². The van der Waals surface area contributed by atoms with Crippen molar-refractivity contribution < 1.29 is 23.9 Å². The van der Waals surface area contributed by atoms with Crippen molar-refractivity contribution in [1.82, 2.24) is 0 Å². The summed E-state index contributed by atoms with van der Waals surface area (Å²) in [6.45, 7) is 6.11. The van der Waals surface area contributed by atoms with Crippen LogP contribution in [0.2, 0.25) is 0 Å². The number of hydrogen-bond acceptors (Lipinski definition) is 6. The molecule has 0 aliphatic carbocycles. The summed E-state index contributed by atoms with van der Waals surface area (Å²) in [4.78, 5) is 38.4. The predicted molar refractivity (Wildman–Crippen MR) is 111 cm³/mol. The highest BCUT2D eigenvalue weighted by Gasteiger charge is 2.18. The minimum absolute atomic E-state index is 0.0930. The predicted octanol–water partition coefficient (Wildman–Crippen LogP) is 3.42. The van der Waals surface area contributed by atoms with Crippen LogP contribution in [0.15, 0.2) is 42.5 Å². The van der Waals surface area contributed by atoms with E-state index in [-0.39, 0.29) is 29.6 Å². The Kier molecular flexibility index (Phi) is 7.36. The number of carbonyl (C=O) groups is 3. The van der Waals surface area contributed by atoms with Crippen molar-refractivity contribution in [2.75, 3.05) is 31.0 Å². The number of aryl methyl sites for hydroxylation is 1. The molecule has 2 aromatic rings. The molecule has 2 aromatic carbocycles. The van der Waals surface area contributed by atoms with Crippen molar-refractivity contribution in [1.29, 1.82) is 0 Å². The van der Waals surface area contributed by atoms with E-state index in [2.05, 4.69) is 5.32 Å². The van der Waals surface area contributed by atoms with E-state index in [1.165, 1.54) is 32.4 Å². The maximum absolute atomic E-state index is 12.7. The van der Waals surface area contributed by atoms with E-state index in [9.17, 15) is 14.4 Å². The normalized spacial score (nSPS) is 10.4. The molecule has 1 amide bonds. The lowest BCUT2D eigenvalue weighted by Gasteiger charge is -2.28. The number of nitrogens with one attached hydrogen (secondary N) is 1. The first-order valence-electron chi connectivity index (χ1n) is 9.20. The molecule has 7 nitrogen and oxygen atoms in total. The number of anilines is 2. The summed E-state index contributed by atoms with van der Waals surface area (Å²) in [7, 11) is 2.49. The Hall–Kier alpha value is -3.35. The Morgan fingerprint density at radius 3 is 1.90 bits per heavy atom. The summed E-state index contributed by atoms with van der Waals surface area (Å²) in [5.74, 6) is -1.51. The van der Waals surface area contributed by atoms with Crippen LogP contribution in [-0.4, -0.2) is 44.7 Å². The third-order valence-corrected chi connectivity index (χ3v) is 4.36. The Balaban J connectivity index is 2.24. The van der Waals surface area contributed by atoms with Gasteiger partial charge in [0.15, 0.2) is 0 Å². The van der Waals surface area contributed by atoms with Crippen LogP contribution in [0.5, 0.6) is 0 Å². The van der Waals surface area contributed by atoms with E-state index in [1.807, 2.05) is 49.9 Å². The van der Waals surface area contributed by atoms with Gasteiger partial charge in [0.2, 0.25) is 5.91 Å². The summed E-state index contributed by atoms with van der Waals surface area (Å²) < 4.78 is 9.43. The molecule has 154 valence electrons. The fourth-order valence-corrected chi connectivity index (χ4v) is 2.83. The molecular weight excluding hydrogens is 372 g/mol. The molecule has 29 heavy (non-hydrogen) atoms. The molecule has 0 aliphatic heterocycles. The lowest BCUT2D eigenvalue weighted by Crippen LogP contribution is -2.38. The second-order valence-corrected chi connectivity index (χ2v) is 6.89. The van der Waals surface area contributed by atoms with E-state index < -0.39 is 11.9 Å². The first kappa shape index (κ1) is 21.9. The third kappa shape index (κ3) is 5.81. The average molecular weight is 398 g/mol. The summed E-state index contributed by atoms with van der Waals surface area (Å²) in [6.07, 6.45) is 0. The Bertz CT molecular complexity index is 856. The van der Waals surface area contributed by atoms with Crippen LogP contribution >= 0.6 is 0 Å². The number of carbonyl (C=O) groups excluding carboxylic acids is 3. The molecule has 0 heterocycles. The summed E-state index contributed by atoms with van der Waals surface area (Å²) >= 11 is 0. The molecule has 0 unspecified atom stereocenters. The van der Waals surface area contributed by atoms with Crippen molar-refractivity contribution in [3.63, 3.8) is 0 Å². The Labute approximate surface area is 170 Å². The molecule has 0 fully saturated rings. The minimum Gasteiger partial charge on any atom is -0.465 e. The second-order valence-electron chi connectivity index (χ2n) is 6.89. The van der Waals surface area contributed by atoms with Gasteiger partial charge in [-0.15, -0.1) is 0 Å². The lowest BCUT2D eigenvalue weighted by molar-refractivity contribution is -0.115. The maximum atomic E-state index is 12.7. The van der Waals surface area contributed by atoms with E-state index in [0.717, 1.165) is 11.3 Å². The van der Waals surface area contributed by atoms with E-state index in [0.29, 0.717) is 5.69 Å². The van der Waals surface area contributed by atoms with Crippen LogP contribution in [-0.2, 0) is 14.3 Å². The molecule has 0 atom stereocenters. The molecule has 0 saturated carbocycles. The molecule has 0 aromatic heterocycles. The van der Waals surface area contributed by atoms with Crippen molar-refractivity contribution in [2.45, 2.75) is 26.8 Å². The number of ether oxygens (including phenoxy) is 2. The molecule has 1 N–H and O–H groups in total. The van der Waals surface area contributed by atoms with Crippen LogP contribution < -0.4 is 10.2 Å². The van der Waals surface area contributed by atoms with Gasteiger partial charge in [-0.1, -0.05) is 17.7 Å². The van der Waals surface area contributed by atoms with Crippen LogP contribution in [0, 0.1) is 6.92 Å². The number of benzene rings is 2. The highest BCUT2D eigenvalue weighted by atomic mass is 16.5. The third-order valence-electron chi connectivity index (χ3n) is 4.36. The molecule has 0 aliphatic rings. The first-order valence-corrected chi connectivity index (χ1v) is 9.20. The van der Waals surface area contributed by atoms with E-state index in [1.54, 1.807) is 0 Å². The summed E-state index contributed by atoms with van der Waals surface area (Å²) in [5.41, 5.74) is 2.66. The van der Waals surface area contributed by atoms with Gasteiger partial charge in [0, 0.05) is 17.4 Å². The standard InChI is InChI=1S/C22H26N2O5/c1-14(2)24(19-8-6-15(3)7-9-19)13-20(25)23-18-11-16(21(26)28-4)10-17(12-18)22(27)29-5/h6-12,14H,13H2,1-5H3,(H,23,25). The topological polar surface area (TPSA) is 84.9 Å². The van der Waals surface area contributed by atoms with Gasteiger partial charge >= 0.3 is 11.9 Å². The summed E-state index contributed by atoms with van der Waals surface area (Å²) in [6, 6.07) is 12.3. The fraction of sp³-hybridized carbons (Fsp3) is 0.318. The van der Waals surface area contributed by atoms with Gasteiger partial charge in [-0.05, 0) is 51.1 Å². The minimum atomic E-state index is -0.616. The molecule has 0 bridgehead atoms. The monoisotopic (exact) mass is 398 g/mol. The van der Waals surface area contributed by atoms with Crippen LogP contribution in [0.1, 0.15) is 40.1 Å². The quantitative estimate of drug-likeness (QED) is 0.720. The van der Waals surface area contributed by atoms with Crippen molar-refractivity contribution in [3.8, 4) is 0 Å². The molecule has 2 rings (SSSR count). The molecule has 0 spiro atoms. The average Bonchev–Trinajstić information content (AvgIpc) is 2.71. The van der Waals surface area contributed by atoms with Gasteiger partial charge in [0.25, 0.3) is 0 Å². The Morgan fingerprint density at radius 2 is 1.45 bits per heavy atom. The van der Waals surface area contributed by atoms with Crippen LogP contribution in [0.25, 0.3) is 0 Å². The smallest absolute Gasteiger partial charge is 0.337 e. The first-order chi connectivity index (χ1) is 13.7. The molecule has 7 heteroatoms. The zero-order chi connectivity index (χ0) is 21.6. The van der Waals surface area contributed by atoms with Gasteiger partial charge in [-0.25, -0.2) is 9.59 Å².